The lowest BCUT2D eigenvalue weighted by Crippen LogP contribution is -2.30. The van der Waals surface area contributed by atoms with Crippen LogP contribution in [-0.2, 0) is 11.3 Å². The van der Waals surface area contributed by atoms with E-state index < -0.39 is 0 Å². The van der Waals surface area contributed by atoms with E-state index in [1.165, 1.54) is 11.8 Å². The third-order valence-electron chi connectivity index (χ3n) is 2.62. The van der Waals surface area contributed by atoms with Crippen LogP contribution >= 0.6 is 23.1 Å². The molecular weight excluding hydrogens is 294 g/mol. The first kappa shape index (κ1) is 15.0. The van der Waals surface area contributed by atoms with Crippen LogP contribution in [0.25, 0.3) is 0 Å². The van der Waals surface area contributed by atoms with E-state index in [0.717, 1.165) is 4.88 Å². The summed E-state index contributed by atoms with van der Waals surface area (Å²) in [6, 6.07) is 4.15. The molecule has 8 heteroatoms. The van der Waals surface area contributed by atoms with E-state index in [4.69, 9.17) is 0 Å². The lowest BCUT2D eigenvalue weighted by molar-refractivity contribution is -0.120. The summed E-state index contributed by atoms with van der Waals surface area (Å²) in [5, 5.41) is 16.9. The second kappa shape index (κ2) is 6.85. The van der Waals surface area contributed by atoms with Gasteiger partial charge in [-0.05, 0) is 42.6 Å². The van der Waals surface area contributed by atoms with Crippen LogP contribution in [0, 0.1) is 0 Å². The van der Waals surface area contributed by atoms with Gasteiger partial charge in [0.25, 0.3) is 0 Å². The molecule has 2 heterocycles. The van der Waals surface area contributed by atoms with Gasteiger partial charge in [-0.25, -0.2) is 4.68 Å². The van der Waals surface area contributed by atoms with Gasteiger partial charge in [-0.3, -0.25) is 4.79 Å². The van der Waals surface area contributed by atoms with Crippen LogP contribution < -0.4 is 5.32 Å². The van der Waals surface area contributed by atoms with Gasteiger partial charge in [0.15, 0.2) is 0 Å². The zero-order valence-corrected chi connectivity index (χ0v) is 13.2. The number of carbonyl (C=O) groups excluding carboxylic acids is 1. The van der Waals surface area contributed by atoms with E-state index in [9.17, 15) is 4.79 Å². The van der Waals surface area contributed by atoms with Crippen LogP contribution in [0.5, 0.6) is 0 Å². The second-order valence-corrected chi connectivity index (χ2v) is 6.90. The normalized spacial score (nSPS) is 12.6. The molecule has 1 atom stereocenters. The number of tetrazole rings is 1. The summed E-state index contributed by atoms with van der Waals surface area (Å²) in [5.41, 5.74) is 0. The second-order valence-electron chi connectivity index (χ2n) is 4.56. The summed E-state index contributed by atoms with van der Waals surface area (Å²) in [7, 11) is 0. The van der Waals surface area contributed by atoms with E-state index in [0.29, 0.717) is 11.7 Å². The maximum Gasteiger partial charge on any atom is 0.233 e. The fourth-order valence-electron chi connectivity index (χ4n) is 1.53. The molecule has 0 aliphatic heterocycles. The van der Waals surface area contributed by atoms with E-state index in [2.05, 4.69) is 20.8 Å². The lowest BCUT2D eigenvalue weighted by atomic mass is 10.4. The largest absolute Gasteiger partial charge is 0.350 e. The average Bonchev–Trinajstić information content (AvgIpc) is 3.06. The number of carbonyl (C=O) groups is 1. The highest BCUT2D eigenvalue weighted by atomic mass is 32.2. The van der Waals surface area contributed by atoms with Crippen LogP contribution in [0.1, 0.15) is 31.7 Å². The Hall–Kier alpha value is -1.41. The molecule has 0 saturated carbocycles. The Kier molecular flexibility index (Phi) is 5.13. The van der Waals surface area contributed by atoms with Crippen molar-refractivity contribution in [2.75, 3.05) is 0 Å². The van der Waals surface area contributed by atoms with E-state index in [1.807, 2.05) is 38.3 Å². The van der Waals surface area contributed by atoms with Crippen LogP contribution in [0.15, 0.2) is 22.7 Å². The monoisotopic (exact) mass is 311 g/mol. The Balaban J connectivity index is 1.89. The molecule has 0 saturated heterocycles. The third kappa shape index (κ3) is 3.80. The number of rotatable bonds is 6. The molecular formula is C12H17N5OS2. The van der Waals surface area contributed by atoms with Gasteiger partial charge in [0.2, 0.25) is 11.1 Å². The SMILES string of the molecule is CC(C)n1nnnc1S[C@H](C)C(=O)NCc1cccs1. The van der Waals surface area contributed by atoms with Crippen molar-refractivity contribution in [1.82, 2.24) is 25.5 Å². The minimum absolute atomic E-state index is 0.0123. The molecule has 108 valence electrons. The molecule has 6 nitrogen and oxygen atoms in total. The van der Waals surface area contributed by atoms with Crippen molar-refractivity contribution in [2.45, 2.75) is 43.8 Å². The molecule has 2 aromatic heterocycles. The van der Waals surface area contributed by atoms with E-state index in [1.54, 1.807) is 16.0 Å². The number of thiophene rings is 1. The van der Waals surface area contributed by atoms with Crippen LogP contribution in [0.4, 0.5) is 0 Å². The van der Waals surface area contributed by atoms with E-state index >= 15 is 0 Å². The Morgan fingerprint density at radius 1 is 1.50 bits per heavy atom. The predicted octanol–water partition coefficient (Wildman–Crippen LogP) is 2.11. The molecule has 2 rings (SSSR count). The zero-order chi connectivity index (χ0) is 14.5. The van der Waals surface area contributed by atoms with Gasteiger partial charge in [-0.15, -0.1) is 16.4 Å². The summed E-state index contributed by atoms with van der Waals surface area (Å²) in [4.78, 5) is 13.2. The van der Waals surface area contributed by atoms with E-state index in [-0.39, 0.29) is 17.2 Å². The van der Waals surface area contributed by atoms with Crippen molar-refractivity contribution in [2.24, 2.45) is 0 Å². The molecule has 1 amide bonds. The number of hydrogen-bond acceptors (Lipinski definition) is 6. The predicted molar refractivity (Wildman–Crippen MR) is 79.7 cm³/mol. The highest BCUT2D eigenvalue weighted by Crippen LogP contribution is 2.22. The number of hydrogen-bond donors (Lipinski definition) is 1. The molecule has 0 spiro atoms. The quantitative estimate of drug-likeness (QED) is 0.827. The molecule has 20 heavy (non-hydrogen) atoms. The van der Waals surface area contributed by atoms with Crippen molar-refractivity contribution >= 4 is 29.0 Å². The van der Waals surface area contributed by atoms with Gasteiger partial charge in [0, 0.05) is 4.88 Å². The summed E-state index contributed by atoms with van der Waals surface area (Å²) in [5.74, 6) is -0.0123. The third-order valence-corrected chi connectivity index (χ3v) is 4.54. The molecule has 0 aliphatic carbocycles. The Morgan fingerprint density at radius 3 is 2.95 bits per heavy atom. The first-order valence-corrected chi connectivity index (χ1v) is 8.08. The molecule has 0 aromatic carbocycles. The highest BCUT2D eigenvalue weighted by molar-refractivity contribution is 8.00. The number of amides is 1. The van der Waals surface area contributed by atoms with Crippen molar-refractivity contribution in [3.63, 3.8) is 0 Å². The number of nitrogens with one attached hydrogen (secondary N) is 1. The highest BCUT2D eigenvalue weighted by Gasteiger charge is 2.19. The van der Waals surface area contributed by atoms with Crippen LogP contribution in [-0.4, -0.2) is 31.4 Å². The van der Waals surface area contributed by atoms with Crippen molar-refractivity contribution < 1.29 is 4.79 Å². The zero-order valence-electron chi connectivity index (χ0n) is 11.6. The number of nitrogens with zero attached hydrogens (tertiary/aromatic N) is 4. The fourth-order valence-corrected chi connectivity index (χ4v) is 3.12. The molecule has 0 unspecified atom stereocenters. The summed E-state index contributed by atoms with van der Waals surface area (Å²) >= 11 is 3.00. The maximum atomic E-state index is 12.0. The van der Waals surface area contributed by atoms with Gasteiger partial charge < -0.3 is 5.32 Å². The Morgan fingerprint density at radius 2 is 2.30 bits per heavy atom. The minimum Gasteiger partial charge on any atom is -0.350 e. The standard InChI is InChI=1S/C12H17N5OS2/c1-8(2)17-12(14-15-16-17)20-9(3)11(18)13-7-10-5-4-6-19-10/h4-6,8-9H,7H2,1-3H3,(H,13,18)/t9-/m1/s1. The lowest BCUT2D eigenvalue weighted by Gasteiger charge is -2.12. The smallest absolute Gasteiger partial charge is 0.233 e. The maximum absolute atomic E-state index is 12.0. The average molecular weight is 311 g/mol. The van der Waals surface area contributed by atoms with Gasteiger partial charge >= 0.3 is 0 Å². The van der Waals surface area contributed by atoms with Gasteiger partial charge in [0.05, 0.1) is 17.8 Å². The summed E-state index contributed by atoms with van der Waals surface area (Å²) in [6.07, 6.45) is 0. The Labute approximate surface area is 126 Å². The fraction of sp³-hybridized carbons (Fsp3) is 0.500. The molecule has 2 aromatic rings. The van der Waals surface area contributed by atoms with Crippen LogP contribution in [0.3, 0.4) is 0 Å². The topological polar surface area (TPSA) is 72.7 Å². The summed E-state index contributed by atoms with van der Waals surface area (Å²) < 4.78 is 1.72. The number of aromatic nitrogens is 4. The van der Waals surface area contributed by atoms with Crippen molar-refractivity contribution in [3.05, 3.63) is 22.4 Å². The van der Waals surface area contributed by atoms with Crippen LogP contribution in [0.2, 0.25) is 0 Å². The number of thioether (sulfide) groups is 1. The van der Waals surface area contributed by atoms with Gasteiger partial charge in [-0.2, -0.15) is 0 Å². The molecule has 1 N–H and O–H groups in total. The van der Waals surface area contributed by atoms with Gasteiger partial charge in [-0.1, -0.05) is 17.8 Å². The van der Waals surface area contributed by atoms with Crippen molar-refractivity contribution in [1.29, 1.82) is 0 Å². The molecule has 0 radical (unpaired) electrons. The first-order valence-electron chi connectivity index (χ1n) is 6.32. The van der Waals surface area contributed by atoms with Gasteiger partial charge in [0.1, 0.15) is 0 Å². The summed E-state index contributed by atoms with van der Waals surface area (Å²) in [6.45, 7) is 6.42. The molecule has 0 aliphatic rings. The molecule has 0 bridgehead atoms. The minimum atomic E-state index is -0.238. The van der Waals surface area contributed by atoms with Crippen molar-refractivity contribution in [3.8, 4) is 0 Å². The molecule has 0 fully saturated rings. The first-order chi connectivity index (χ1) is 9.58. The Bertz CT molecular complexity index is 552.